The number of para-hydroxylation sites is 1. The Morgan fingerprint density at radius 2 is 1.62 bits per heavy atom. The SMILES string of the molecule is CC(C)CCOc1ccc(-c2nn(-c3ccccc3)cc2/C=c2\sc3nc(=O)c(Cc4ccccc4)nn3c2=O)cc1. The molecule has 0 aliphatic heterocycles. The van der Waals surface area contributed by atoms with Crippen LogP contribution in [0.2, 0.25) is 0 Å². The van der Waals surface area contributed by atoms with Crippen LogP contribution in [0.5, 0.6) is 5.75 Å². The molecule has 0 amide bonds. The van der Waals surface area contributed by atoms with Crippen molar-refractivity contribution in [3.8, 4) is 22.7 Å². The van der Waals surface area contributed by atoms with Crippen LogP contribution < -0.4 is 20.4 Å². The summed E-state index contributed by atoms with van der Waals surface area (Å²) in [6.07, 6.45) is 4.97. The maximum Gasteiger partial charge on any atom is 0.296 e. The van der Waals surface area contributed by atoms with Crippen molar-refractivity contribution in [2.75, 3.05) is 6.61 Å². The monoisotopic (exact) mass is 575 g/mol. The van der Waals surface area contributed by atoms with Crippen LogP contribution in [0.3, 0.4) is 0 Å². The Bertz CT molecular complexity index is 2000. The summed E-state index contributed by atoms with van der Waals surface area (Å²) in [6, 6.07) is 27.2. The molecule has 0 N–H and O–H groups in total. The lowest BCUT2D eigenvalue weighted by molar-refractivity contribution is 0.289. The van der Waals surface area contributed by atoms with Crippen LogP contribution in [-0.2, 0) is 6.42 Å². The van der Waals surface area contributed by atoms with E-state index < -0.39 is 5.56 Å². The van der Waals surface area contributed by atoms with Gasteiger partial charge in [0, 0.05) is 23.7 Å². The number of hydrogen-bond acceptors (Lipinski definition) is 7. The predicted octanol–water partition coefficient (Wildman–Crippen LogP) is 4.93. The molecule has 8 nitrogen and oxygen atoms in total. The Morgan fingerprint density at radius 1 is 0.905 bits per heavy atom. The summed E-state index contributed by atoms with van der Waals surface area (Å²) in [7, 11) is 0. The number of ether oxygens (including phenoxy) is 1. The number of nitrogens with zero attached hydrogens (tertiary/aromatic N) is 5. The van der Waals surface area contributed by atoms with Gasteiger partial charge in [0.25, 0.3) is 11.1 Å². The molecule has 3 heterocycles. The third kappa shape index (κ3) is 5.91. The zero-order chi connectivity index (χ0) is 29.1. The van der Waals surface area contributed by atoms with Gasteiger partial charge in [0.2, 0.25) is 4.96 Å². The van der Waals surface area contributed by atoms with E-state index in [0.717, 1.165) is 45.9 Å². The first kappa shape index (κ1) is 27.3. The summed E-state index contributed by atoms with van der Waals surface area (Å²) < 4.78 is 9.33. The second kappa shape index (κ2) is 11.9. The fraction of sp³-hybridized carbons (Fsp3) is 0.182. The Labute approximate surface area is 246 Å². The number of hydrogen-bond donors (Lipinski definition) is 0. The maximum atomic E-state index is 13.5. The summed E-state index contributed by atoms with van der Waals surface area (Å²) in [5.41, 5.74) is 3.64. The molecule has 210 valence electrons. The van der Waals surface area contributed by atoms with E-state index in [4.69, 9.17) is 9.84 Å². The van der Waals surface area contributed by atoms with Crippen LogP contribution in [0, 0.1) is 5.92 Å². The number of benzene rings is 3. The summed E-state index contributed by atoms with van der Waals surface area (Å²) in [5.74, 6) is 1.37. The molecule has 9 heteroatoms. The zero-order valence-electron chi connectivity index (χ0n) is 23.3. The molecule has 42 heavy (non-hydrogen) atoms. The van der Waals surface area contributed by atoms with Gasteiger partial charge in [0.1, 0.15) is 17.1 Å². The van der Waals surface area contributed by atoms with E-state index in [2.05, 4.69) is 23.9 Å². The third-order valence-electron chi connectivity index (χ3n) is 6.81. The van der Waals surface area contributed by atoms with Crippen LogP contribution in [-0.4, -0.2) is 31.0 Å². The first-order valence-electron chi connectivity index (χ1n) is 13.8. The highest BCUT2D eigenvalue weighted by molar-refractivity contribution is 7.15. The average molecular weight is 576 g/mol. The highest BCUT2D eigenvalue weighted by Crippen LogP contribution is 2.26. The first-order valence-corrected chi connectivity index (χ1v) is 14.6. The maximum absolute atomic E-state index is 13.5. The van der Waals surface area contributed by atoms with Gasteiger partial charge in [-0.15, -0.1) is 0 Å². The van der Waals surface area contributed by atoms with Crippen molar-refractivity contribution < 1.29 is 4.74 Å². The van der Waals surface area contributed by atoms with Crippen molar-refractivity contribution in [1.29, 1.82) is 0 Å². The lowest BCUT2D eigenvalue weighted by atomic mass is 10.1. The minimum atomic E-state index is -0.431. The standard InChI is InChI=1S/C33H29N5O3S/c1-22(2)17-18-41-27-15-13-24(14-16-27)30-25(21-37(36-30)26-11-7-4-8-12-26)20-29-32(40)38-33(42-29)34-31(39)28(35-38)19-23-9-5-3-6-10-23/h3-16,20-22H,17-19H2,1-2H3/b29-20-. The molecule has 0 atom stereocenters. The van der Waals surface area contributed by atoms with Crippen molar-refractivity contribution >= 4 is 22.4 Å². The van der Waals surface area contributed by atoms with E-state index in [-0.39, 0.29) is 16.2 Å². The van der Waals surface area contributed by atoms with E-state index in [1.807, 2.05) is 91.1 Å². The molecule has 0 fully saturated rings. The van der Waals surface area contributed by atoms with E-state index in [9.17, 15) is 9.59 Å². The van der Waals surface area contributed by atoms with Gasteiger partial charge in [-0.3, -0.25) is 9.59 Å². The molecule has 0 bridgehead atoms. The highest BCUT2D eigenvalue weighted by Gasteiger charge is 2.15. The first-order chi connectivity index (χ1) is 20.4. The lowest BCUT2D eigenvalue weighted by Gasteiger charge is -2.08. The minimum absolute atomic E-state index is 0.230. The lowest BCUT2D eigenvalue weighted by Crippen LogP contribution is -2.28. The molecule has 0 aliphatic carbocycles. The number of fused-ring (bicyclic) bond motifs is 1. The Balaban J connectivity index is 1.40. The van der Waals surface area contributed by atoms with Crippen molar-refractivity contribution in [2.24, 2.45) is 5.92 Å². The number of thiazole rings is 1. The summed E-state index contributed by atoms with van der Waals surface area (Å²) in [4.78, 5) is 30.6. The molecule has 0 radical (unpaired) electrons. The normalized spacial score (nSPS) is 11.9. The van der Waals surface area contributed by atoms with Crippen LogP contribution in [0.1, 0.15) is 37.1 Å². The van der Waals surface area contributed by atoms with Crippen molar-refractivity contribution in [3.63, 3.8) is 0 Å². The van der Waals surface area contributed by atoms with Gasteiger partial charge in [0.05, 0.1) is 16.8 Å². The van der Waals surface area contributed by atoms with E-state index in [1.54, 1.807) is 10.8 Å². The van der Waals surface area contributed by atoms with Crippen molar-refractivity contribution in [2.45, 2.75) is 26.7 Å². The molecule has 3 aromatic heterocycles. The fourth-order valence-electron chi connectivity index (χ4n) is 4.53. The summed E-state index contributed by atoms with van der Waals surface area (Å²) in [5, 5.41) is 9.27. The van der Waals surface area contributed by atoms with Gasteiger partial charge >= 0.3 is 0 Å². The van der Waals surface area contributed by atoms with Crippen LogP contribution >= 0.6 is 11.3 Å². The average Bonchev–Trinajstić information content (AvgIpc) is 3.55. The molecule has 0 aliphatic rings. The molecule has 6 aromatic rings. The van der Waals surface area contributed by atoms with Gasteiger partial charge in [-0.25, -0.2) is 4.68 Å². The van der Waals surface area contributed by atoms with Crippen molar-refractivity contribution in [1.82, 2.24) is 24.4 Å². The smallest absolute Gasteiger partial charge is 0.296 e. The predicted molar refractivity (Wildman–Crippen MR) is 165 cm³/mol. The second-order valence-corrected chi connectivity index (χ2v) is 11.4. The second-order valence-electron chi connectivity index (χ2n) is 10.4. The fourth-order valence-corrected chi connectivity index (χ4v) is 5.43. The quantitative estimate of drug-likeness (QED) is 0.243. The van der Waals surface area contributed by atoms with Gasteiger partial charge in [-0.1, -0.05) is 73.7 Å². The highest BCUT2D eigenvalue weighted by atomic mass is 32.1. The molecule has 0 saturated carbocycles. The summed E-state index contributed by atoms with van der Waals surface area (Å²) in [6.45, 7) is 5.01. The Kier molecular flexibility index (Phi) is 7.74. The summed E-state index contributed by atoms with van der Waals surface area (Å²) >= 11 is 1.13. The molecule has 6 rings (SSSR count). The molecule has 0 saturated heterocycles. The van der Waals surface area contributed by atoms with Gasteiger partial charge in [-0.05, 0) is 60.4 Å². The zero-order valence-corrected chi connectivity index (χ0v) is 24.1. The third-order valence-corrected chi connectivity index (χ3v) is 7.77. The van der Waals surface area contributed by atoms with E-state index in [1.165, 1.54) is 4.52 Å². The van der Waals surface area contributed by atoms with Crippen LogP contribution in [0.15, 0.2) is 101 Å². The molecule has 0 unspecified atom stereocenters. The van der Waals surface area contributed by atoms with Crippen LogP contribution in [0.4, 0.5) is 0 Å². The van der Waals surface area contributed by atoms with Crippen molar-refractivity contribution in [3.05, 3.63) is 133 Å². The van der Waals surface area contributed by atoms with Gasteiger partial charge in [0.15, 0.2) is 0 Å². The topological polar surface area (TPSA) is 91.4 Å². The van der Waals surface area contributed by atoms with Crippen LogP contribution in [0.25, 0.3) is 28.0 Å². The Morgan fingerprint density at radius 3 is 2.33 bits per heavy atom. The van der Waals surface area contributed by atoms with E-state index >= 15 is 0 Å². The largest absolute Gasteiger partial charge is 0.494 e. The Hall–Kier alpha value is -4.89. The van der Waals surface area contributed by atoms with Gasteiger partial charge < -0.3 is 4.74 Å². The molecular weight excluding hydrogens is 546 g/mol. The molecule has 0 spiro atoms. The molecular formula is C33H29N5O3S. The van der Waals surface area contributed by atoms with Gasteiger partial charge in [-0.2, -0.15) is 19.7 Å². The minimum Gasteiger partial charge on any atom is -0.494 e. The number of rotatable bonds is 9. The molecule has 3 aromatic carbocycles. The van der Waals surface area contributed by atoms with E-state index in [0.29, 0.717) is 29.2 Å². The number of aromatic nitrogens is 5.